The van der Waals surface area contributed by atoms with Gasteiger partial charge < -0.3 is 25.3 Å². The van der Waals surface area contributed by atoms with Gasteiger partial charge in [-0.25, -0.2) is 15.0 Å². The Hall–Kier alpha value is -1.77. The molecule has 8 nitrogen and oxygen atoms in total. The molecule has 3 heterocycles. The zero-order chi connectivity index (χ0) is 13.4. The third-order valence-corrected chi connectivity index (χ3v) is 3.41. The van der Waals surface area contributed by atoms with Crippen LogP contribution in [-0.2, 0) is 4.74 Å². The van der Waals surface area contributed by atoms with Crippen molar-refractivity contribution in [3.05, 3.63) is 12.7 Å². The minimum Gasteiger partial charge on any atom is -0.394 e. The number of aliphatic hydroxyl groups excluding tert-OH is 2. The highest BCUT2D eigenvalue weighted by atomic mass is 16.5. The fraction of sp³-hybridized carbons (Fsp3) is 0.545. The van der Waals surface area contributed by atoms with Crippen LogP contribution in [0.4, 0.5) is 5.82 Å². The first-order valence-electron chi connectivity index (χ1n) is 6.04. The van der Waals surface area contributed by atoms with Gasteiger partial charge in [0.2, 0.25) is 0 Å². The first kappa shape index (κ1) is 12.3. The number of aromatic nitrogens is 4. The van der Waals surface area contributed by atoms with Crippen LogP contribution in [0.5, 0.6) is 0 Å². The molecule has 0 aromatic carbocycles. The van der Waals surface area contributed by atoms with Gasteiger partial charge in [-0.1, -0.05) is 0 Å². The molecule has 0 unspecified atom stereocenters. The van der Waals surface area contributed by atoms with E-state index in [2.05, 4.69) is 15.0 Å². The van der Waals surface area contributed by atoms with Crippen molar-refractivity contribution < 1.29 is 14.9 Å². The van der Waals surface area contributed by atoms with E-state index < -0.39 is 12.2 Å². The van der Waals surface area contributed by atoms with E-state index in [4.69, 9.17) is 15.6 Å². The molecule has 102 valence electrons. The van der Waals surface area contributed by atoms with Crippen molar-refractivity contribution in [2.24, 2.45) is 0 Å². The summed E-state index contributed by atoms with van der Waals surface area (Å²) in [6, 6.07) is -0.0860. The highest BCUT2D eigenvalue weighted by Gasteiger charge is 2.31. The molecule has 1 aliphatic rings. The molecular formula is C11H15N5O3. The van der Waals surface area contributed by atoms with Gasteiger partial charge in [0.05, 0.1) is 31.7 Å². The monoisotopic (exact) mass is 265 g/mol. The number of hydrogen-bond acceptors (Lipinski definition) is 7. The second kappa shape index (κ2) is 4.72. The summed E-state index contributed by atoms with van der Waals surface area (Å²) in [5, 5.41) is 18.9. The summed E-state index contributed by atoms with van der Waals surface area (Å²) in [6.45, 7) is 0.200. The minimum absolute atomic E-state index is 0.0860. The average Bonchev–Trinajstić information content (AvgIpc) is 2.84. The Bertz CT molecular complexity index is 587. The minimum atomic E-state index is -0.708. The van der Waals surface area contributed by atoms with Crippen molar-refractivity contribution in [2.45, 2.75) is 24.7 Å². The summed E-state index contributed by atoms with van der Waals surface area (Å²) in [5.74, 6) is 0.328. The number of imidazole rings is 1. The van der Waals surface area contributed by atoms with Crippen LogP contribution in [0.25, 0.3) is 11.2 Å². The molecule has 3 rings (SSSR count). The first-order valence-corrected chi connectivity index (χ1v) is 6.04. The standard InChI is InChI=1S/C11H15N5O3/c12-10-9-11(14-4-13-10)16(5-15-9)6-1-7(18)8(2-17)19-3-6/h4-8,17-18H,1-3H2,(H2,12,13,14)/t6-,7-,8-/m0/s1. The molecule has 2 aromatic rings. The molecule has 4 N–H and O–H groups in total. The predicted molar refractivity (Wildman–Crippen MR) is 66.2 cm³/mol. The number of rotatable bonds is 2. The summed E-state index contributed by atoms with van der Waals surface area (Å²) in [5.41, 5.74) is 6.89. The van der Waals surface area contributed by atoms with Gasteiger partial charge in [-0.05, 0) is 6.42 Å². The summed E-state index contributed by atoms with van der Waals surface area (Å²) in [7, 11) is 0. The molecule has 1 saturated heterocycles. The van der Waals surface area contributed by atoms with Crippen LogP contribution in [0.3, 0.4) is 0 Å². The van der Waals surface area contributed by atoms with Gasteiger partial charge in [0.15, 0.2) is 11.5 Å². The number of hydrogen-bond donors (Lipinski definition) is 3. The number of fused-ring (bicyclic) bond motifs is 1. The van der Waals surface area contributed by atoms with Crippen LogP contribution in [0, 0.1) is 0 Å². The number of nitrogens with two attached hydrogens (primary N) is 1. The van der Waals surface area contributed by atoms with Crippen molar-refractivity contribution in [1.82, 2.24) is 19.5 Å². The lowest BCUT2D eigenvalue weighted by atomic mass is 10.0. The van der Waals surface area contributed by atoms with Gasteiger partial charge in [0.1, 0.15) is 17.9 Å². The molecule has 1 aliphatic heterocycles. The normalized spacial score (nSPS) is 27.8. The summed E-state index contributed by atoms with van der Waals surface area (Å²) >= 11 is 0. The van der Waals surface area contributed by atoms with Gasteiger partial charge in [0.25, 0.3) is 0 Å². The summed E-state index contributed by atoms with van der Waals surface area (Å²) < 4.78 is 7.26. The number of aliphatic hydroxyl groups is 2. The first-order chi connectivity index (χ1) is 9.20. The molecule has 0 aliphatic carbocycles. The second-order valence-corrected chi connectivity index (χ2v) is 4.59. The van der Waals surface area contributed by atoms with Crippen molar-refractivity contribution in [3.63, 3.8) is 0 Å². The number of anilines is 1. The summed E-state index contributed by atoms with van der Waals surface area (Å²) in [4.78, 5) is 12.2. The van der Waals surface area contributed by atoms with Crippen molar-refractivity contribution in [3.8, 4) is 0 Å². The van der Waals surface area contributed by atoms with Crippen LogP contribution in [0.1, 0.15) is 12.5 Å². The van der Waals surface area contributed by atoms with Crippen molar-refractivity contribution in [1.29, 1.82) is 0 Å². The summed E-state index contributed by atoms with van der Waals surface area (Å²) in [6.07, 6.45) is 2.24. The van der Waals surface area contributed by atoms with Crippen LogP contribution in [0.15, 0.2) is 12.7 Å². The van der Waals surface area contributed by atoms with E-state index >= 15 is 0 Å². The molecule has 1 fully saturated rings. The average molecular weight is 265 g/mol. The molecule has 0 saturated carbocycles. The van der Waals surface area contributed by atoms with Crippen LogP contribution >= 0.6 is 0 Å². The molecule has 0 amide bonds. The molecule has 3 atom stereocenters. The number of nitrogens with zero attached hydrogens (tertiary/aromatic N) is 4. The van der Waals surface area contributed by atoms with Gasteiger partial charge in [-0.3, -0.25) is 0 Å². The lowest BCUT2D eigenvalue weighted by molar-refractivity contribution is -0.112. The fourth-order valence-corrected chi connectivity index (χ4v) is 2.35. The lowest BCUT2D eigenvalue weighted by Crippen LogP contribution is -2.41. The third-order valence-electron chi connectivity index (χ3n) is 3.41. The Labute approximate surface area is 108 Å². The van der Waals surface area contributed by atoms with Gasteiger partial charge in [-0.2, -0.15) is 0 Å². The zero-order valence-corrected chi connectivity index (χ0v) is 10.2. The maximum absolute atomic E-state index is 9.89. The predicted octanol–water partition coefficient (Wildman–Crippen LogP) is -0.908. The quantitative estimate of drug-likeness (QED) is 0.643. The maximum atomic E-state index is 9.89. The Morgan fingerprint density at radius 1 is 1.42 bits per heavy atom. The van der Waals surface area contributed by atoms with E-state index in [1.807, 2.05) is 4.57 Å². The Morgan fingerprint density at radius 2 is 2.26 bits per heavy atom. The fourth-order valence-electron chi connectivity index (χ4n) is 2.35. The van der Waals surface area contributed by atoms with E-state index in [1.54, 1.807) is 6.33 Å². The van der Waals surface area contributed by atoms with E-state index in [0.717, 1.165) is 0 Å². The van der Waals surface area contributed by atoms with Gasteiger partial charge in [0, 0.05) is 0 Å². The molecule has 0 spiro atoms. The highest BCUT2D eigenvalue weighted by Crippen LogP contribution is 2.27. The van der Waals surface area contributed by atoms with Gasteiger partial charge >= 0.3 is 0 Å². The molecule has 0 radical (unpaired) electrons. The molecule has 19 heavy (non-hydrogen) atoms. The van der Waals surface area contributed by atoms with E-state index in [9.17, 15) is 5.11 Å². The molecule has 0 bridgehead atoms. The smallest absolute Gasteiger partial charge is 0.165 e. The van der Waals surface area contributed by atoms with E-state index in [1.165, 1.54) is 6.33 Å². The van der Waals surface area contributed by atoms with Gasteiger partial charge in [-0.15, -0.1) is 0 Å². The second-order valence-electron chi connectivity index (χ2n) is 4.59. The van der Waals surface area contributed by atoms with E-state index in [-0.39, 0.29) is 12.6 Å². The molecule has 2 aromatic heterocycles. The van der Waals surface area contributed by atoms with Crippen molar-refractivity contribution in [2.75, 3.05) is 18.9 Å². The number of nitrogen functional groups attached to an aromatic ring is 1. The van der Waals surface area contributed by atoms with Crippen LogP contribution < -0.4 is 5.73 Å². The Kier molecular flexibility index (Phi) is 3.05. The van der Waals surface area contributed by atoms with Crippen LogP contribution in [-0.4, -0.2) is 55.2 Å². The largest absolute Gasteiger partial charge is 0.394 e. The molecule has 8 heteroatoms. The maximum Gasteiger partial charge on any atom is 0.165 e. The lowest BCUT2D eigenvalue weighted by Gasteiger charge is -2.32. The highest BCUT2D eigenvalue weighted by molar-refractivity contribution is 5.81. The topological polar surface area (TPSA) is 119 Å². The zero-order valence-electron chi connectivity index (χ0n) is 10.2. The Balaban J connectivity index is 1.91. The van der Waals surface area contributed by atoms with Crippen molar-refractivity contribution >= 4 is 17.0 Å². The third kappa shape index (κ3) is 2.03. The van der Waals surface area contributed by atoms with E-state index in [0.29, 0.717) is 30.0 Å². The SMILES string of the molecule is Nc1ncnc2c1ncn2[C@@H]1CO[C@@H](CO)[C@@H](O)C1. The Morgan fingerprint density at radius 3 is 3.00 bits per heavy atom. The number of ether oxygens (including phenoxy) is 1. The van der Waals surface area contributed by atoms with Crippen LogP contribution in [0.2, 0.25) is 0 Å². The molecular weight excluding hydrogens is 250 g/mol.